The Hall–Kier alpha value is -0.0800. The lowest BCUT2D eigenvalue weighted by Gasteiger charge is -2.39. The second-order valence-corrected chi connectivity index (χ2v) is 7.46. The predicted octanol–water partition coefficient (Wildman–Crippen LogP) is 3.65. The summed E-state index contributed by atoms with van der Waals surface area (Å²) in [6, 6.07) is 0. The van der Waals surface area contributed by atoms with Gasteiger partial charge in [-0.1, -0.05) is 47.0 Å². The summed E-state index contributed by atoms with van der Waals surface area (Å²) >= 11 is 0. The molecule has 1 aliphatic heterocycles. The number of nitrogens with two attached hydrogens (primary N) is 1. The maximum Gasteiger partial charge on any atom is 0.0303 e. The van der Waals surface area contributed by atoms with Crippen molar-refractivity contribution in [1.82, 2.24) is 4.90 Å². The Morgan fingerprint density at radius 2 is 1.83 bits per heavy atom. The van der Waals surface area contributed by atoms with Crippen LogP contribution in [0.5, 0.6) is 0 Å². The van der Waals surface area contributed by atoms with Crippen LogP contribution in [0, 0.1) is 11.3 Å². The predicted molar refractivity (Wildman–Crippen MR) is 80.7 cm³/mol. The Kier molecular flexibility index (Phi) is 5.67. The first-order valence-corrected chi connectivity index (χ1v) is 7.78. The smallest absolute Gasteiger partial charge is 0.0303 e. The molecule has 2 unspecified atom stereocenters. The number of hydrogen-bond acceptors (Lipinski definition) is 2. The van der Waals surface area contributed by atoms with Crippen molar-refractivity contribution in [2.75, 3.05) is 19.6 Å². The average Bonchev–Trinajstić information content (AvgIpc) is 2.78. The van der Waals surface area contributed by atoms with Crippen LogP contribution >= 0.6 is 0 Å². The molecule has 0 radical (unpaired) electrons. The van der Waals surface area contributed by atoms with Gasteiger partial charge >= 0.3 is 0 Å². The fraction of sp³-hybridized carbons (Fsp3) is 1.00. The van der Waals surface area contributed by atoms with Crippen molar-refractivity contribution in [2.45, 2.75) is 72.3 Å². The van der Waals surface area contributed by atoms with Crippen molar-refractivity contribution in [3.63, 3.8) is 0 Å². The van der Waals surface area contributed by atoms with Crippen molar-refractivity contribution in [2.24, 2.45) is 17.1 Å². The average molecular weight is 254 g/mol. The lowest BCUT2D eigenvalue weighted by Crippen LogP contribution is -2.50. The van der Waals surface area contributed by atoms with Crippen LogP contribution in [0.3, 0.4) is 0 Å². The molecule has 0 amide bonds. The molecule has 2 N–H and O–H groups in total. The van der Waals surface area contributed by atoms with Gasteiger partial charge in [0.25, 0.3) is 0 Å². The molecular formula is C16H34N2. The summed E-state index contributed by atoms with van der Waals surface area (Å²) in [5.74, 6) is 0.828. The summed E-state index contributed by atoms with van der Waals surface area (Å²) in [5, 5.41) is 0. The van der Waals surface area contributed by atoms with Crippen molar-refractivity contribution in [3.05, 3.63) is 0 Å². The topological polar surface area (TPSA) is 29.3 Å². The van der Waals surface area contributed by atoms with E-state index in [-0.39, 0.29) is 5.54 Å². The summed E-state index contributed by atoms with van der Waals surface area (Å²) in [6.45, 7) is 15.0. The summed E-state index contributed by atoms with van der Waals surface area (Å²) in [6.07, 6.45) is 6.55. The van der Waals surface area contributed by atoms with E-state index in [0.717, 1.165) is 12.5 Å². The maximum absolute atomic E-state index is 6.08. The van der Waals surface area contributed by atoms with Crippen LogP contribution in [-0.2, 0) is 0 Å². The zero-order chi connectivity index (χ0) is 13.8. The van der Waals surface area contributed by atoms with Gasteiger partial charge in [-0.2, -0.15) is 0 Å². The van der Waals surface area contributed by atoms with E-state index in [1.165, 1.54) is 45.2 Å². The Morgan fingerprint density at radius 3 is 2.28 bits per heavy atom. The summed E-state index contributed by atoms with van der Waals surface area (Å²) in [5.41, 5.74) is 6.75. The zero-order valence-corrected chi connectivity index (χ0v) is 13.3. The van der Waals surface area contributed by atoms with E-state index in [4.69, 9.17) is 5.73 Å². The van der Waals surface area contributed by atoms with Crippen LogP contribution < -0.4 is 5.73 Å². The third kappa shape index (κ3) is 3.96. The van der Waals surface area contributed by atoms with E-state index >= 15 is 0 Å². The molecule has 0 aromatic carbocycles. The Morgan fingerprint density at radius 1 is 1.17 bits per heavy atom. The van der Waals surface area contributed by atoms with Gasteiger partial charge in [-0.05, 0) is 37.6 Å². The zero-order valence-electron chi connectivity index (χ0n) is 13.3. The molecule has 2 nitrogen and oxygen atoms in total. The molecule has 1 heterocycles. The summed E-state index contributed by atoms with van der Waals surface area (Å²) in [7, 11) is 0. The molecule has 18 heavy (non-hydrogen) atoms. The van der Waals surface area contributed by atoms with Gasteiger partial charge in [-0.15, -0.1) is 0 Å². The molecule has 0 spiro atoms. The first-order chi connectivity index (χ1) is 8.33. The van der Waals surface area contributed by atoms with Crippen LogP contribution in [0.1, 0.15) is 66.7 Å². The van der Waals surface area contributed by atoms with E-state index in [0.29, 0.717) is 5.41 Å². The minimum Gasteiger partial charge on any atom is -0.329 e. The maximum atomic E-state index is 6.08. The molecule has 1 fully saturated rings. The van der Waals surface area contributed by atoms with Gasteiger partial charge in [0.2, 0.25) is 0 Å². The van der Waals surface area contributed by atoms with E-state index in [1.54, 1.807) is 0 Å². The highest BCUT2D eigenvalue weighted by molar-refractivity contribution is 4.94. The van der Waals surface area contributed by atoms with Gasteiger partial charge in [0, 0.05) is 18.6 Å². The van der Waals surface area contributed by atoms with Gasteiger partial charge in [0.15, 0.2) is 0 Å². The standard InChI is InChI=1S/C16H34N2/c1-6-7-8-10-16(5,13-17)18-11-9-14(12-18)15(2,3)4/h14H,6-13,17H2,1-5H3. The number of likely N-dealkylation sites (tertiary alicyclic amines) is 1. The monoisotopic (exact) mass is 254 g/mol. The molecule has 1 aliphatic rings. The van der Waals surface area contributed by atoms with Gasteiger partial charge < -0.3 is 5.73 Å². The summed E-state index contributed by atoms with van der Waals surface area (Å²) < 4.78 is 0. The van der Waals surface area contributed by atoms with Crippen molar-refractivity contribution < 1.29 is 0 Å². The van der Waals surface area contributed by atoms with E-state index < -0.39 is 0 Å². The molecule has 108 valence electrons. The lowest BCUT2D eigenvalue weighted by atomic mass is 9.80. The minimum absolute atomic E-state index is 0.231. The van der Waals surface area contributed by atoms with E-state index in [1.807, 2.05) is 0 Å². The highest BCUT2D eigenvalue weighted by Crippen LogP contribution is 2.37. The largest absolute Gasteiger partial charge is 0.329 e. The minimum atomic E-state index is 0.231. The van der Waals surface area contributed by atoms with Gasteiger partial charge in [0.05, 0.1) is 0 Å². The molecule has 1 rings (SSSR count). The van der Waals surface area contributed by atoms with Crippen molar-refractivity contribution in [3.8, 4) is 0 Å². The number of unbranched alkanes of at least 4 members (excludes halogenated alkanes) is 2. The van der Waals surface area contributed by atoms with E-state index in [2.05, 4.69) is 39.5 Å². The highest BCUT2D eigenvalue weighted by Gasteiger charge is 2.39. The van der Waals surface area contributed by atoms with Crippen LogP contribution in [0.4, 0.5) is 0 Å². The third-order valence-corrected chi connectivity index (χ3v) is 4.94. The lowest BCUT2D eigenvalue weighted by molar-refractivity contribution is 0.112. The fourth-order valence-corrected chi connectivity index (χ4v) is 3.10. The molecule has 2 atom stereocenters. The Bertz CT molecular complexity index is 244. The van der Waals surface area contributed by atoms with Crippen molar-refractivity contribution in [1.29, 1.82) is 0 Å². The van der Waals surface area contributed by atoms with Gasteiger partial charge in [-0.3, -0.25) is 4.90 Å². The van der Waals surface area contributed by atoms with Crippen LogP contribution in [0.15, 0.2) is 0 Å². The number of rotatable bonds is 6. The highest BCUT2D eigenvalue weighted by atomic mass is 15.2. The molecule has 0 bridgehead atoms. The second-order valence-electron chi connectivity index (χ2n) is 7.46. The Balaban J connectivity index is 2.56. The quantitative estimate of drug-likeness (QED) is 0.733. The van der Waals surface area contributed by atoms with Crippen LogP contribution in [-0.4, -0.2) is 30.1 Å². The molecule has 0 aromatic rings. The molecule has 0 aliphatic carbocycles. The normalized spacial score (nSPS) is 25.3. The van der Waals surface area contributed by atoms with Gasteiger partial charge in [-0.25, -0.2) is 0 Å². The molecule has 1 saturated heterocycles. The molecule has 0 saturated carbocycles. The van der Waals surface area contributed by atoms with Crippen LogP contribution in [0.25, 0.3) is 0 Å². The van der Waals surface area contributed by atoms with Gasteiger partial charge in [0.1, 0.15) is 0 Å². The molecule has 0 aromatic heterocycles. The molecule has 2 heteroatoms. The first-order valence-electron chi connectivity index (χ1n) is 7.78. The number of nitrogens with zero attached hydrogens (tertiary/aromatic N) is 1. The second kappa shape index (κ2) is 6.38. The fourth-order valence-electron chi connectivity index (χ4n) is 3.10. The molecular weight excluding hydrogens is 220 g/mol. The van der Waals surface area contributed by atoms with E-state index in [9.17, 15) is 0 Å². The SMILES string of the molecule is CCCCCC(C)(CN)N1CCC(C(C)(C)C)C1. The summed E-state index contributed by atoms with van der Waals surface area (Å²) in [4.78, 5) is 2.67. The number of hydrogen-bond donors (Lipinski definition) is 1. The third-order valence-electron chi connectivity index (χ3n) is 4.94. The Labute approximate surface area is 114 Å². The van der Waals surface area contributed by atoms with Crippen LogP contribution in [0.2, 0.25) is 0 Å². The van der Waals surface area contributed by atoms with Crippen molar-refractivity contribution >= 4 is 0 Å². The first kappa shape index (κ1) is 16.0.